The van der Waals surface area contributed by atoms with Crippen LogP contribution in [0.4, 0.5) is 0 Å². The van der Waals surface area contributed by atoms with Crippen LogP contribution in [0.15, 0.2) is 41.2 Å². The SMILES string of the molecule is COC1=C(C([NH3+])=O)C(=O)C2C(=O)C3=C(O)c4c(O)ccc(-c5cc(OC)c(OC)c(OC)c5)c4CC3CC2C1N(C)C. The molecule has 0 spiro atoms. The first kappa shape index (κ1) is 29.2. The summed E-state index contributed by atoms with van der Waals surface area (Å²) in [5.41, 5.74) is 5.46. The Kier molecular flexibility index (Phi) is 7.50. The number of rotatable bonds is 7. The number of aromatic hydroxyl groups is 1. The molecule has 0 aliphatic heterocycles. The zero-order valence-electron chi connectivity index (χ0n) is 24.4. The number of likely N-dealkylation sites (N-methyl/N-ethyl adjacent to an activating group) is 1. The molecular formula is C31H35N2O9+. The number of methoxy groups -OCH3 is 4. The Balaban J connectivity index is 1.69. The summed E-state index contributed by atoms with van der Waals surface area (Å²) >= 11 is 0. The van der Waals surface area contributed by atoms with Gasteiger partial charge in [0, 0.05) is 5.57 Å². The molecule has 1 amide bonds. The Morgan fingerprint density at radius 1 is 0.952 bits per heavy atom. The highest BCUT2D eigenvalue weighted by Crippen LogP contribution is 2.52. The molecule has 42 heavy (non-hydrogen) atoms. The molecule has 0 aromatic heterocycles. The van der Waals surface area contributed by atoms with Gasteiger partial charge in [0.2, 0.25) is 5.75 Å². The first-order valence-corrected chi connectivity index (χ1v) is 13.5. The minimum absolute atomic E-state index is 0.0867. The van der Waals surface area contributed by atoms with Gasteiger partial charge >= 0.3 is 5.91 Å². The van der Waals surface area contributed by atoms with E-state index >= 15 is 0 Å². The number of nitrogens with zero attached hydrogens (tertiary/aromatic N) is 1. The van der Waals surface area contributed by atoms with Crippen molar-refractivity contribution < 1.29 is 49.3 Å². The monoisotopic (exact) mass is 579 g/mol. The third-order valence-electron chi connectivity index (χ3n) is 8.65. The molecule has 0 saturated heterocycles. The van der Waals surface area contributed by atoms with Gasteiger partial charge in [0.15, 0.2) is 28.6 Å². The number of amides is 1. The first-order chi connectivity index (χ1) is 20.0. The summed E-state index contributed by atoms with van der Waals surface area (Å²) in [4.78, 5) is 42.0. The summed E-state index contributed by atoms with van der Waals surface area (Å²) in [6.07, 6.45) is 0.672. The molecule has 11 nitrogen and oxygen atoms in total. The van der Waals surface area contributed by atoms with Gasteiger partial charge < -0.3 is 29.2 Å². The maximum Gasteiger partial charge on any atom is 0.348 e. The van der Waals surface area contributed by atoms with Crippen molar-refractivity contribution in [2.24, 2.45) is 17.8 Å². The smallest absolute Gasteiger partial charge is 0.348 e. The van der Waals surface area contributed by atoms with Crippen LogP contribution >= 0.6 is 0 Å². The van der Waals surface area contributed by atoms with Crippen molar-refractivity contribution >= 4 is 23.2 Å². The number of allylic oxidation sites excluding steroid dienone is 1. The standard InChI is InChI=1S/C31H34N2O9/c1-33(2)25-17-10-14-9-16-15(13-11-19(39-3)29(41-5)20(12-13)40-4)7-8-18(34)22(16)26(35)21(14)27(36)23(17)28(37)24(31(32)38)30(25)42-6/h7-8,11-12,14,17,23,25,34-35H,9-10H2,1-6H3,(H2,32,38)/p+1. The second-order valence-electron chi connectivity index (χ2n) is 10.9. The van der Waals surface area contributed by atoms with Crippen LogP contribution in [0.2, 0.25) is 0 Å². The molecule has 11 heteroatoms. The zero-order chi connectivity index (χ0) is 30.6. The van der Waals surface area contributed by atoms with E-state index in [9.17, 15) is 24.6 Å². The summed E-state index contributed by atoms with van der Waals surface area (Å²) in [6, 6.07) is 6.21. The molecule has 222 valence electrons. The van der Waals surface area contributed by atoms with E-state index in [2.05, 4.69) is 5.73 Å². The predicted octanol–water partition coefficient (Wildman–Crippen LogP) is 1.91. The lowest BCUT2D eigenvalue weighted by Gasteiger charge is -2.46. The van der Waals surface area contributed by atoms with Gasteiger partial charge in [0.05, 0.1) is 46.0 Å². The lowest BCUT2D eigenvalue weighted by Crippen LogP contribution is -2.63. The van der Waals surface area contributed by atoms with Crippen LogP contribution in [-0.4, -0.2) is 81.2 Å². The second kappa shape index (κ2) is 10.8. The third kappa shape index (κ3) is 4.23. The normalized spacial score (nSPS) is 23.3. The number of aliphatic hydroxyl groups excluding tert-OH is 1. The lowest BCUT2D eigenvalue weighted by molar-refractivity contribution is -0.299. The van der Waals surface area contributed by atoms with Crippen molar-refractivity contribution in [3.63, 3.8) is 0 Å². The summed E-state index contributed by atoms with van der Waals surface area (Å²) < 4.78 is 22.1. The number of carbonyl (C=O) groups is 3. The maximum absolute atomic E-state index is 14.1. The highest BCUT2D eigenvalue weighted by atomic mass is 16.5. The molecule has 3 aliphatic carbocycles. The number of fused-ring (bicyclic) bond motifs is 3. The van der Waals surface area contributed by atoms with Crippen molar-refractivity contribution in [1.82, 2.24) is 4.90 Å². The Labute approximate surface area is 243 Å². The molecule has 0 heterocycles. The van der Waals surface area contributed by atoms with Crippen molar-refractivity contribution in [2.45, 2.75) is 18.9 Å². The van der Waals surface area contributed by atoms with Crippen LogP contribution in [-0.2, 0) is 25.5 Å². The van der Waals surface area contributed by atoms with Gasteiger partial charge in [-0.3, -0.25) is 20.2 Å². The van der Waals surface area contributed by atoms with Gasteiger partial charge in [-0.2, -0.15) is 0 Å². The minimum atomic E-state index is -1.19. The highest BCUT2D eigenvalue weighted by molar-refractivity contribution is 6.27. The number of aliphatic hydroxyl groups is 1. The van der Waals surface area contributed by atoms with Crippen molar-refractivity contribution in [1.29, 1.82) is 0 Å². The molecule has 4 unspecified atom stereocenters. The number of ether oxygens (including phenoxy) is 4. The molecule has 1 saturated carbocycles. The van der Waals surface area contributed by atoms with Crippen LogP contribution in [0.1, 0.15) is 17.5 Å². The van der Waals surface area contributed by atoms with Crippen LogP contribution in [0.25, 0.3) is 16.9 Å². The first-order valence-electron chi connectivity index (χ1n) is 13.5. The quantitative estimate of drug-likeness (QED) is 0.327. The number of quaternary nitrogens is 1. The van der Waals surface area contributed by atoms with E-state index in [1.807, 2.05) is 4.90 Å². The molecule has 4 atom stereocenters. The summed E-state index contributed by atoms with van der Waals surface area (Å²) in [7, 11) is 9.53. The van der Waals surface area contributed by atoms with Crippen molar-refractivity contribution in [2.75, 3.05) is 42.5 Å². The Bertz CT molecular complexity index is 1550. The Morgan fingerprint density at radius 2 is 1.60 bits per heavy atom. The molecule has 5 rings (SSSR count). The number of phenols is 1. The molecule has 2 aromatic carbocycles. The number of benzene rings is 2. The van der Waals surface area contributed by atoms with Crippen LogP contribution < -0.4 is 19.9 Å². The van der Waals surface area contributed by atoms with E-state index in [1.165, 1.54) is 34.5 Å². The van der Waals surface area contributed by atoms with E-state index in [-0.39, 0.29) is 34.0 Å². The topological polar surface area (TPSA) is 159 Å². The fourth-order valence-electron chi connectivity index (χ4n) is 7.00. The fraction of sp³-hybridized carbons (Fsp3) is 0.387. The largest absolute Gasteiger partial charge is 0.507 e. The molecule has 0 radical (unpaired) electrons. The predicted molar refractivity (Wildman–Crippen MR) is 151 cm³/mol. The van der Waals surface area contributed by atoms with Gasteiger partial charge in [0.1, 0.15) is 17.3 Å². The molecule has 1 fully saturated rings. The Morgan fingerprint density at radius 3 is 2.12 bits per heavy atom. The van der Waals surface area contributed by atoms with E-state index in [0.717, 1.165) is 0 Å². The van der Waals surface area contributed by atoms with Gasteiger partial charge in [-0.1, -0.05) is 6.07 Å². The average Bonchev–Trinajstić information content (AvgIpc) is 2.95. The number of Topliss-reactive ketones (excluding diaryl/α,β-unsaturated/α-hetero) is 2. The molecule has 0 bridgehead atoms. The fourth-order valence-corrected chi connectivity index (χ4v) is 7.00. The van der Waals surface area contributed by atoms with Gasteiger partial charge in [-0.15, -0.1) is 0 Å². The summed E-state index contributed by atoms with van der Waals surface area (Å²) in [5.74, 6) is -3.17. The van der Waals surface area contributed by atoms with Crippen LogP contribution in [0.3, 0.4) is 0 Å². The van der Waals surface area contributed by atoms with Gasteiger partial charge in [-0.05, 0) is 73.7 Å². The van der Waals surface area contributed by atoms with Crippen molar-refractivity contribution in [3.05, 3.63) is 52.3 Å². The minimum Gasteiger partial charge on any atom is -0.507 e. The average molecular weight is 580 g/mol. The maximum atomic E-state index is 14.1. The summed E-state index contributed by atoms with van der Waals surface area (Å²) in [6.45, 7) is 0. The zero-order valence-corrected chi connectivity index (χ0v) is 24.4. The molecule has 3 aliphatic rings. The number of ketones is 2. The number of hydrogen-bond donors (Lipinski definition) is 3. The molecule has 5 N–H and O–H groups in total. The summed E-state index contributed by atoms with van der Waals surface area (Å²) in [5, 5.41) is 22.5. The third-order valence-corrected chi connectivity index (χ3v) is 8.65. The van der Waals surface area contributed by atoms with E-state index in [1.54, 1.807) is 32.3 Å². The number of carbonyl (C=O) groups excluding carboxylic acids is 3. The van der Waals surface area contributed by atoms with Gasteiger partial charge in [0.25, 0.3) is 0 Å². The van der Waals surface area contributed by atoms with E-state index in [0.29, 0.717) is 46.8 Å². The molecule has 2 aromatic rings. The van der Waals surface area contributed by atoms with Crippen LogP contribution in [0, 0.1) is 17.8 Å². The van der Waals surface area contributed by atoms with Crippen LogP contribution in [0.5, 0.6) is 23.0 Å². The number of hydrogen-bond acceptors (Lipinski definition) is 10. The highest BCUT2D eigenvalue weighted by Gasteiger charge is 2.56. The lowest BCUT2D eigenvalue weighted by atomic mass is 9.59. The van der Waals surface area contributed by atoms with E-state index in [4.69, 9.17) is 18.9 Å². The Hall–Kier alpha value is -4.35. The second-order valence-corrected chi connectivity index (χ2v) is 10.9. The van der Waals surface area contributed by atoms with Gasteiger partial charge in [-0.25, -0.2) is 4.79 Å². The van der Waals surface area contributed by atoms with Crippen molar-refractivity contribution in [3.8, 4) is 34.1 Å². The number of phenolic OH excluding ortho intramolecular Hbond substituents is 1. The molecular weight excluding hydrogens is 544 g/mol. The van der Waals surface area contributed by atoms with E-state index < -0.39 is 41.3 Å².